The van der Waals surface area contributed by atoms with Crippen LogP contribution in [0.2, 0.25) is 0 Å². The Morgan fingerprint density at radius 2 is 2.29 bits per heavy atom. The van der Waals surface area contributed by atoms with Crippen LogP contribution in [0.15, 0.2) is 6.20 Å². The Labute approximate surface area is 105 Å². The third-order valence-electron chi connectivity index (χ3n) is 4.34. The Morgan fingerprint density at radius 1 is 1.53 bits per heavy atom. The number of rotatable bonds is 4. The molecule has 1 saturated carbocycles. The minimum atomic E-state index is 0.421. The maximum Gasteiger partial charge on any atom is 0.0540 e. The van der Waals surface area contributed by atoms with Gasteiger partial charge in [0.1, 0.15) is 0 Å². The highest BCUT2D eigenvalue weighted by Gasteiger charge is 2.25. The van der Waals surface area contributed by atoms with Crippen molar-refractivity contribution in [3.63, 3.8) is 0 Å². The molecule has 1 aromatic heterocycles. The van der Waals surface area contributed by atoms with E-state index in [0.717, 1.165) is 5.92 Å². The molecule has 1 aliphatic rings. The molecule has 3 unspecified atom stereocenters. The van der Waals surface area contributed by atoms with Crippen molar-refractivity contribution in [2.75, 3.05) is 0 Å². The lowest BCUT2D eigenvalue weighted by atomic mass is 10.0. The van der Waals surface area contributed by atoms with E-state index in [1.165, 1.54) is 36.9 Å². The monoisotopic (exact) mass is 235 g/mol. The Bertz CT molecular complexity index is 370. The van der Waals surface area contributed by atoms with Crippen molar-refractivity contribution in [2.45, 2.75) is 58.5 Å². The van der Waals surface area contributed by atoms with Gasteiger partial charge < -0.3 is 5.32 Å². The van der Waals surface area contributed by atoms with E-state index in [-0.39, 0.29) is 0 Å². The Morgan fingerprint density at radius 3 is 2.82 bits per heavy atom. The summed E-state index contributed by atoms with van der Waals surface area (Å²) in [7, 11) is 2.01. The van der Waals surface area contributed by atoms with Gasteiger partial charge in [0.05, 0.1) is 6.20 Å². The maximum absolute atomic E-state index is 4.32. The van der Waals surface area contributed by atoms with Crippen LogP contribution in [0.5, 0.6) is 0 Å². The predicted molar refractivity (Wildman–Crippen MR) is 70.9 cm³/mol. The maximum atomic E-state index is 4.32. The molecular weight excluding hydrogens is 210 g/mol. The Hall–Kier alpha value is -0.830. The fourth-order valence-corrected chi connectivity index (χ4v) is 2.98. The first-order valence-corrected chi connectivity index (χ1v) is 6.86. The van der Waals surface area contributed by atoms with E-state index < -0.39 is 0 Å². The molecule has 0 aliphatic heterocycles. The van der Waals surface area contributed by atoms with Crippen LogP contribution in [-0.2, 0) is 7.05 Å². The highest BCUT2D eigenvalue weighted by atomic mass is 15.3. The molecule has 0 radical (unpaired) electrons. The van der Waals surface area contributed by atoms with Crippen LogP contribution < -0.4 is 5.32 Å². The summed E-state index contributed by atoms with van der Waals surface area (Å²) in [6.07, 6.45) is 7.41. The molecule has 1 N–H and O–H groups in total. The first kappa shape index (κ1) is 12.6. The number of nitrogens with one attached hydrogen (secondary N) is 1. The van der Waals surface area contributed by atoms with Gasteiger partial charge in [-0.3, -0.25) is 4.68 Å². The molecule has 0 bridgehead atoms. The van der Waals surface area contributed by atoms with Crippen LogP contribution in [0.1, 0.15) is 56.8 Å². The van der Waals surface area contributed by atoms with Crippen molar-refractivity contribution >= 4 is 0 Å². The third kappa shape index (κ3) is 2.71. The summed E-state index contributed by atoms with van der Waals surface area (Å²) < 4.78 is 1.96. The van der Waals surface area contributed by atoms with Gasteiger partial charge in [0, 0.05) is 30.4 Å². The number of hydrogen-bond donors (Lipinski definition) is 1. The lowest BCUT2D eigenvalue weighted by molar-refractivity contribution is 0.436. The highest BCUT2D eigenvalue weighted by Crippen LogP contribution is 2.29. The van der Waals surface area contributed by atoms with Crippen molar-refractivity contribution in [3.8, 4) is 0 Å². The molecule has 3 atom stereocenters. The first-order chi connectivity index (χ1) is 8.11. The molecule has 0 spiro atoms. The predicted octanol–water partition coefficient (Wildman–Crippen LogP) is 2.96. The molecule has 0 amide bonds. The lowest BCUT2D eigenvalue weighted by Gasteiger charge is -2.19. The van der Waals surface area contributed by atoms with Crippen molar-refractivity contribution in [1.29, 1.82) is 0 Å². The number of hydrogen-bond acceptors (Lipinski definition) is 2. The zero-order valence-corrected chi connectivity index (χ0v) is 11.5. The van der Waals surface area contributed by atoms with Gasteiger partial charge in [-0.2, -0.15) is 5.10 Å². The van der Waals surface area contributed by atoms with Gasteiger partial charge in [-0.05, 0) is 39.0 Å². The molecule has 2 rings (SSSR count). The quantitative estimate of drug-likeness (QED) is 0.869. The molecule has 1 aliphatic carbocycles. The van der Waals surface area contributed by atoms with E-state index in [0.29, 0.717) is 12.1 Å². The van der Waals surface area contributed by atoms with Crippen LogP contribution >= 0.6 is 0 Å². The molecule has 0 aromatic carbocycles. The van der Waals surface area contributed by atoms with Gasteiger partial charge in [0.2, 0.25) is 0 Å². The van der Waals surface area contributed by atoms with E-state index in [2.05, 4.69) is 31.2 Å². The third-order valence-corrected chi connectivity index (χ3v) is 4.34. The topological polar surface area (TPSA) is 29.9 Å². The van der Waals surface area contributed by atoms with Gasteiger partial charge >= 0.3 is 0 Å². The van der Waals surface area contributed by atoms with Gasteiger partial charge in [-0.1, -0.05) is 13.3 Å². The second-order valence-electron chi connectivity index (χ2n) is 5.48. The number of aromatic nitrogens is 2. The fraction of sp³-hybridized carbons (Fsp3) is 0.786. The molecule has 1 aromatic rings. The molecule has 0 saturated heterocycles. The molecule has 1 fully saturated rings. The standard InChI is InChI=1S/C14H25N3/c1-5-12-6-7-13(8-12)16-10(2)14-9-15-17(4)11(14)3/h9-10,12-13,16H,5-8H2,1-4H3. The van der Waals surface area contributed by atoms with Gasteiger partial charge in [0.25, 0.3) is 0 Å². The van der Waals surface area contributed by atoms with Gasteiger partial charge in [-0.15, -0.1) is 0 Å². The minimum absolute atomic E-state index is 0.421. The summed E-state index contributed by atoms with van der Waals surface area (Å²) >= 11 is 0. The van der Waals surface area contributed by atoms with E-state index >= 15 is 0 Å². The minimum Gasteiger partial charge on any atom is -0.307 e. The average Bonchev–Trinajstić information content (AvgIpc) is 2.88. The van der Waals surface area contributed by atoms with Crippen molar-refractivity contribution in [2.24, 2.45) is 13.0 Å². The molecule has 96 valence electrons. The second kappa shape index (κ2) is 5.21. The van der Waals surface area contributed by atoms with Gasteiger partial charge in [0.15, 0.2) is 0 Å². The molecule has 3 heteroatoms. The Balaban J connectivity index is 1.93. The highest BCUT2D eigenvalue weighted by molar-refractivity contribution is 5.19. The summed E-state index contributed by atoms with van der Waals surface area (Å²) in [5, 5.41) is 8.08. The smallest absolute Gasteiger partial charge is 0.0540 e. The molecule has 17 heavy (non-hydrogen) atoms. The fourth-order valence-electron chi connectivity index (χ4n) is 2.98. The average molecular weight is 235 g/mol. The summed E-state index contributed by atoms with van der Waals surface area (Å²) in [6.45, 7) is 6.70. The number of nitrogens with zero attached hydrogens (tertiary/aromatic N) is 2. The van der Waals surface area contributed by atoms with Crippen molar-refractivity contribution < 1.29 is 0 Å². The normalized spacial score (nSPS) is 26.4. The molecule has 3 nitrogen and oxygen atoms in total. The van der Waals surface area contributed by atoms with E-state index in [1.807, 2.05) is 17.9 Å². The van der Waals surface area contributed by atoms with Crippen LogP contribution in [-0.4, -0.2) is 15.8 Å². The Kier molecular flexibility index (Phi) is 3.87. The van der Waals surface area contributed by atoms with Crippen LogP contribution in [0, 0.1) is 12.8 Å². The van der Waals surface area contributed by atoms with E-state index in [4.69, 9.17) is 0 Å². The van der Waals surface area contributed by atoms with Crippen molar-refractivity contribution in [1.82, 2.24) is 15.1 Å². The lowest BCUT2D eigenvalue weighted by Crippen LogP contribution is -2.29. The summed E-state index contributed by atoms with van der Waals surface area (Å²) in [5.41, 5.74) is 2.61. The van der Waals surface area contributed by atoms with Crippen LogP contribution in [0.25, 0.3) is 0 Å². The molecular formula is C14H25N3. The second-order valence-corrected chi connectivity index (χ2v) is 5.48. The summed E-state index contributed by atoms with van der Waals surface area (Å²) in [5.74, 6) is 0.940. The summed E-state index contributed by atoms with van der Waals surface area (Å²) in [6, 6.07) is 1.12. The largest absolute Gasteiger partial charge is 0.307 e. The zero-order valence-electron chi connectivity index (χ0n) is 11.5. The number of aryl methyl sites for hydroxylation is 1. The summed E-state index contributed by atoms with van der Waals surface area (Å²) in [4.78, 5) is 0. The van der Waals surface area contributed by atoms with Crippen LogP contribution in [0.4, 0.5) is 0 Å². The molecule has 1 heterocycles. The van der Waals surface area contributed by atoms with Gasteiger partial charge in [-0.25, -0.2) is 0 Å². The van der Waals surface area contributed by atoms with Crippen LogP contribution in [0.3, 0.4) is 0 Å². The van der Waals surface area contributed by atoms with Crippen molar-refractivity contribution in [3.05, 3.63) is 17.5 Å². The zero-order chi connectivity index (χ0) is 12.4. The van der Waals surface area contributed by atoms with E-state index in [1.54, 1.807) is 0 Å². The SMILES string of the molecule is CCC1CCC(NC(C)c2cnn(C)c2C)C1. The van der Waals surface area contributed by atoms with E-state index in [9.17, 15) is 0 Å². The first-order valence-electron chi connectivity index (χ1n) is 6.86.